The van der Waals surface area contributed by atoms with Crippen molar-refractivity contribution in [2.75, 3.05) is 4.90 Å². The zero-order valence-corrected chi connectivity index (χ0v) is 18.6. The third-order valence-corrected chi connectivity index (χ3v) is 6.57. The van der Waals surface area contributed by atoms with E-state index in [1.54, 1.807) is 31.2 Å². The van der Waals surface area contributed by atoms with Crippen LogP contribution in [-0.2, 0) is 17.6 Å². The monoisotopic (exact) mass is 504 g/mol. The van der Waals surface area contributed by atoms with E-state index < -0.39 is 29.1 Å². The lowest BCUT2D eigenvalue weighted by molar-refractivity contribution is -0.376. The SMILES string of the molecule is CC1Cc2cc(C(O)(C(F)(F)F)C(F)(F)F)ccc2N1C(C)(c1cccc(Cl)c1)c1cocn1. The molecule has 1 aliphatic rings. The number of oxazole rings is 1. The maximum Gasteiger partial charge on any atom is 0.430 e. The summed E-state index contributed by atoms with van der Waals surface area (Å²) in [5.41, 5.74) is -5.49. The van der Waals surface area contributed by atoms with E-state index in [2.05, 4.69) is 4.98 Å². The minimum atomic E-state index is -5.96. The predicted molar refractivity (Wildman–Crippen MR) is 113 cm³/mol. The third kappa shape index (κ3) is 3.54. The van der Waals surface area contributed by atoms with E-state index in [4.69, 9.17) is 16.0 Å². The summed E-state index contributed by atoms with van der Waals surface area (Å²) in [5, 5.41) is 10.3. The molecule has 2 heterocycles. The lowest BCUT2D eigenvalue weighted by atomic mass is 9.86. The maximum absolute atomic E-state index is 13.4. The highest BCUT2D eigenvalue weighted by atomic mass is 35.5. The molecule has 1 aliphatic heterocycles. The number of benzene rings is 2. The highest BCUT2D eigenvalue weighted by Gasteiger charge is 2.71. The van der Waals surface area contributed by atoms with Gasteiger partial charge in [0.25, 0.3) is 5.60 Å². The Bertz CT molecular complexity index is 1180. The number of hydrogen-bond acceptors (Lipinski definition) is 4. The lowest BCUT2D eigenvalue weighted by Gasteiger charge is -2.43. The van der Waals surface area contributed by atoms with Crippen LogP contribution in [0.5, 0.6) is 0 Å². The first-order chi connectivity index (χ1) is 15.7. The number of nitrogens with zero attached hydrogens (tertiary/aromatic N) is 2. The van der Waals surface area contributed by atoms with Gasteiger partial charge in [-0.15, -0.1) is 0 Å². The quantitative estimate of drug-likeness (QED) is 0.420. The fourth-order valence-corrected chi connectivity index (χ4v) is 4.87. The number of fused-ring (bicyclic) bond motifs is 1. The van der Waals surface area contributed by atoms with E-state index in [0.29, 0.717) is 28.0 Å². The molecule has 0 bridgehead atoms. The van der Waals surface area contributed by atoms with Gasteiger partial charge in [0, 0.05) is 22.3 Å². The summed E-state index contributed by atoms with van der Waals surface area (Å²) >= 11 is 6.21. The lowest BCUT2D eigenvalue weighted by Crippen LogP contribution is -2.54. The Hall–Kier alpha value is -2.72. The first kappa shape index (κ1) is 24.4. The summed E-state index contributed by atoms with van der Waals surface area (Å²) in [6.07, 6.45) is -9.12. The van der Waals surface area contributed by atoms with E-state index >= 15 is 0 Å². The van der Waals surface area contributed by atoms with Gasteiger partial charge in [-0.2, -0.15) is 26.3 Å². The Kier molecular flexibility index (Phi) is 5.68. The summed E-state index contributed by atoms with van der Waals surface area (Å²) in [4.78, 5) is 6.14. The van der Waals surface area contributed by atoms with Crippen molar-refractivity contribution in [3.05, 3.63) is 82.5 Å². The molecule has 1 aromatic heterocycles. The molecule has 11 heteroatoms. The predicted octanol–water partition coefficient (Wildman–Crippen LogP) is 6.35. The van der Waals surface area contributed by atoms with Crippen molar-refractivity contribution < 1.29 is 35.9 Å². The maximum atomic E-state index is 13.4. The van der Waals surface area contributed by atoms with Crippen molar-refractivity contribution in [2.45, 2.75) is 49.8 Å². The van der Waals surface area contributed by atoms with Crippen LogP contribution in [0.15, 0.2) is 59.5 Å². The largest absolute Gasteiger partial charge is 0.451 e. The molecule has 0 spiro atoms. The fourth-order valence-electron chi connectivity index (χ4n) is 4.68. The number of aromatic nitrogens is 1. The topological polar surface area (TPSA) is 49.5 Å². The number of anilines is 1. The zero-order chi connectivity index (χ0) is 25.1. The standard InChI is InChI=1S/C23H19ClF6N2O2/c1-13-8-14-9-16(21(33,22(25,26)27)23(28,29)30)6-7-18(14)32(13)20(2,19-11-34-12-31-19)15-4-3-5-17(24)10-15/h3-7,9-13,33H,8H2,1-2H3. The Morgan fingerprint density at radius 3 is 2.26 bits per heavy atom. The van der Waals surface area contributed by atoms with Gasteiger partial charge in [0.2, 0.25) is 0 Å². The molecule has 1 N–H and O–H groups in total. The molecular weight excluding hydrogens is 486 g/mol. The smallest absolute Gasteiger partial charge is 0.430 e. The number of rotatable bonds is 4. The van der Waals surface area contributed by atoms with Crippen LogP contribution in [0.25, 0.3) is 0 Å². The summed E-state index contributed by atoms with van der Waals surface area (Å²) in [7, 11) is 0. The molecule has 0 amide bonds. The number of aliphatic hydroxyl groups is 1. The van der Waals surface area contributed by atoms with E-state index in [0.717, 1.165) is 6.07 Å². The minimum absolute atomic E-state index is 0.142. The van der Waals surface area contributed by atoms with Crippen molar-refractivity contribution in [1.82, 2.24) is 4.98 Å². The van der Waals surface area contributed by atoms with Gasteiger partial charge in [-0.25, -0.2) is 4.98 Å². The van der Waals surface area contributed by atoms with Crippen molar-refractivity contribution >= 4 is 17.3 Å². The summed E-state index contributed by atoms with van der Waals surface area (Å²) < 4.78 is 85.7. The number of halogens is 7. The van der Waals surface area contributed by atoms with Crippen LogP contribution in [0.2, 0.25) is 5.02 Å². The molecule has 0 saturated carbocycles. The molecule has 4 nitrogen and oxygen atoms in total. The second-order valence-electron chi connectivity index (χ2n) is 8.43. The minimum Gasteiger partial charge on any atom is -0.451 e. The van der Waals surface area contributed by atoms with Crippen molar-refractivity contribution in [3.8, 4) is 0 Å². The van der Waals surface area contributed by atoms with Crippen LogP contribution >= 0.6 is 11.6 Å². The molecule has 34 heavy (non-hydrogen) atoms. The van der Waals surface area contributed by atoms with Crippen molar-refractivity contribution in [1.29, 1.82) is 0 Å². The van der Waals surface area contributed by atoms with E-state index in [1.165, 1.54) is 18.7 Å². The van der Waals surface area contributed by atoms with Crippen LogP contribution in [-0.4, -0.2) is 28.5 Å². The Morgan fingerprint density at radius 1 is 1.03 bits per heavy atom. The van der Waals surface area contributed by atoms with Gasteiger partial charge in [-0.1, -0.05) is 35.9 Å². The summed E-state index contributed by atoms with van der Waals surface area (Å²) in [5.74, 6) is 0. The van der Waals surface area contributed by atoms with Crippen LogP contribution < -0.4 is 4.90 Å². The molecule has 0 saturated heterocycles. The Morgan fingerprint density at radius 2 is 1.71 bits per heavy atom. The molecule has 2 unspecified atom stereocenters. The highest BCUT2D eigenvalue weighted by molar-refractivity contribution is 6.30. The van der Waals surface area contributed by atoms with E-state index in [-0.39, 0.29) is 18.0 Å². The first-order valence-electron chi connectivity index (χ1n) is 10.1. The number of alkyl halides is 6. The summed E-state index contributed by atoms with van der Waals surface area (Å²) in [6.45, 7) is 3.61. The van der Waals surface area contributed by atoms with Crippen molar-refractivity contribution in [3.63, 3.8) is 0 Å². The van der Waals surface area contributed by atoms with Gasteiger partial charge in [0.1, 0.15) is 17.5 Å². The molecule has 0 radical (unpaired) electrons. The van der Waals surface area contributed by atoms with Crippen molar-refractivity contribution in [2.24, 2.45) is 0 Å². The normalized spacial score (nSPS) is 18.6. The molecule has 2 atom stereocenters. The molecule has 3 aromatic rings. The summed E-state index contributed by atoms with van der Waals surface area (Å²) in [6, 6.07) is 9.16. The van der Waals surface area contributed by atoms with Gasteiger partial charge < -0.3 is 14.4 Å². The highest BCUT2D eigenvalue weighted by Crippen LogP contribution is 2.52. The molecule has 2 aromatic carbocycles. The zero-order valence-electron chi connectivity index (χ0n) is 17.9. The van der Waals surface area contributed by atoms with Gasteiger partial charge in [0.05, 0.1) is 0 Å². The van der Waals surface area contributed by atoms with Crippen LogP contribution in [0, 0.1) is 0 Å². The third-order valence-electron chi connectivity index (χ3n) is 6.33. The fraction of sp³-hybridized carbons (Fsp3) is 0.348. The average molecular weight is 505 g/mol. The van der Waals surface area contributed by atoms with Crippen LogP contribution in [0.4, 0.5) is 32.0 Å². The Balaban J connectivity index is 1.89. The average Bonchev–Trinajstić information content (AvgIpc) is 3.38. The molecule has 182 valence electrons. The van der Waals surface area contributed by atoms with E-state index in [9.17, 15) is 31.4 Å². The van der Waals surface area contributed by atoms with Crippen LogP contribution in [0.1, 0.15) is 36.2 Å². The van der Waals surface area contributed by atoms with Gasteiger partial charge in [0.15, 0.2) is 6.39 Å². The Labute approximate surface area is 195 Å². The van der Waals surface area contributed by atoms with Gasteiger partial charge in [-0.05, 0) is 49.6 Å². The second-order valence-corrected chi connectivity index (χ2v) is 8.87. The van der Waals surface area contributed by atoms with Gasteiger partial charge >= 0.3 is 12.4 Å². The van der Waals surface area contributed by atoms with Gasteiger partial charge in [-0.3, -0.25) is 0 Å². The second kappa shape index (κ2) is 7.91. The first-order valence-corrected chi connectivity index (χ1v) is 10.5. The molecule has 0 aliphatic carbocycles. The number of hydrogen-bond donors (Lipinski definition) is 1. The van der Waals surface area contributed by atoms with Crippen LogP contribution in [0.3, 0.4) is 0 Å². The van der Waals surface area contributed by atoms with E-state index in [1.807, 2.05) is 11.8 Å². The molecule has 0 fully saturated rings. The molecular formula is C23H19ClF6N2O2. The molecule has 4 rings (SSSR count).